The Morgan fingerprint density at radius 2 is 1.86 bits per heavy atom. The van der Waals surface area contributed by atoms with Crippen LogP contribution in [-0.4, -0.2) is 22.1 Å². The summed E-state index contributed by atoms with van der Waals surface area (Å²) in [5.41, 5.74) is 2.54. The highest BCUT2D eigenvalue weighted by Gasteiger charge is 2.22. The number of anilines is 1. The lowest BCUT2D eigenvalue weighted by molar-refractivity contribution is 0.356. The van der Waals surface area contributed by atoms with Crippen molar-refractivity contribution < 1.29 is 22.3 Å². The Balaban J connectivity index is 1.59. The zero-order valence-corrected chi connectivity index (χ0v) is 15.9. The van der Waals surface area contributed by atoms with E-state index >= 15 is 0 Å². The number of hydrogen-bond acceptors (Lipinski definition) is 5. The van der Waals surface area contributed by atoms with Crippen LogP contribution in [0, 0.1) is 0 Å². The van der Waals surface area contributed by atoms with E-state index in [0.717, 1.165) is 27.7 Å². The van der Waals surface area contributed by atoms with Crippen LogP contribution in [-0.2, 0) is 16.4 Å². The van der Waals surface area contributed by atoms with Crippen molar-refractivity contribution in [2.24, 2.45) is 0 Å². The van der Waals surface area contributed by atoms with E-state index in [2.05, 4.69) is 4.72 Å². The van der Waals surface area contributed by atoms with Gasteiger partial charge in [0, 0.05) is 23.3 Å². The van der Waals surface area contributed by atoms with E-state index in [9.17, 15) is 8.42 Å². The van der Waals surface area contributed by atoms with Crippen molar-refractivity contribution in [2.75, 3.05) is 18.4 Å². The second kappa shape index (κ2) is 6.17. The normalized spacial score (nSPS) is 13.5. The van der Waals surface area contributed by atoms with Crippen LogP contribution in [0.15, 0.2) is 63.9 Å². The second-order valence-corrected chi connectivity index (χ2v) is 8.30. The Labute approximate surface area is 161 Å². The summed E-state index contributed by atoms with van der Waals surface area (Å²) >= 11 is 0. The summed E-state index contributed by atoms with van der Waals surface area (Å²) in [4.78, 5) is 0.184. The fourth-order valence-electron chi connectivity index (χ4n) is 3.53. The molecule has 0 fully saturated rings. The van der Waals surface area contributed by atoms with Crippen LogP contribution in [0.3, 0.4) is 0 Å². The number of ether oxygens (including phenoxy) is 2. The summed E-state index contributed by atoms with van der Waals surface area (Å²) in [5.74, 6) is 1.16. The Kier molecular flexibility index (Phi) is 3.73. The first kappa shape index (κ1) is 16.9. The Morgan fingerprint density at radius 1 is 1.00 bits per heavy atom. The van der Waals surface area contributed by atoms with Gasteiger partial charge in [-0.1, -0.05) is 18.2 Å². The topological polar surface area (TPSA) is 77.8 Å². The van der Waals surface area contributed by atoms with Crippen LogP contribution in [0.25, 0.3) is 21.9 Å². The maximum atomic E-state index is 12.9. The molecule has 0 bridgehead atoms. The molecule has 0 unspecified atom stereocenters. The van der Waals surface area contributed by atoms with Gasteiger partial charge in [-0.15, -0.1) is 0 Å². The Bertz CT molecular complexity index is 1320. The van der Waals surface area contributed by atoms with E-state index in [1.165, 1.54) is 7.11 Å². The Hall–Kier alpha value is -3.19. The molecular weight excluding hydrogens is 378 g/mol. The lowest BCUT2D eigenvalue weighted by Gasteiger charge is -2.12. The molecule has 1 aromatic heterocycles. The quantitative estimate of drug-likeness (QED) is 0.556. The van der Waals surface area contributed by atoms with E-state index in [1.807, 2.05) is 24.3 Å². The standard InChI is InChI=1S/C21H17NO5S/c1-25-21-11-16-15-4-2-3-5-19(15)27-20(16)12-17(21)22-28(23,24)14-6-7-18-13(10-14)8-9-26-18/h2-7,10-12,22H,8-9H2,1H3. The number of rotatable bonds is 4. The highest BCUT2D eigenvalue weighted by molar-refractivity contribution is 7.92. The van der Waals surface area contributed by atoms with Crippen molar-refractivity contribution in [3.05, 3.63) is 60.2 Å². The molecule has 0 amide bonds. The molecule has 0 aliphatic carbocycles. The van der Waals surface area contributed by atoms with E-state index in [0.29, 0.717) is 30.0 Å². The molecular formula is C21H17NO5S. The number of para-hydroxylation sites is 1. The minimum absolute atomic E-state index is 0.184. The van der Waals surface area contributed by atoms with E-state index in [-0.39, 0.29) is 4.90 Å². The average Bonchev–Trinajstić information content (AvgIpc) is 3.30. The van der Waals surface area contributed by atoms with Gasteiger partial charge < -0.3 is 13.9 Å². The Morgan fingerprint density at radius 3 is 2.71 bits per heavy atom. The highest BCUT2D eigenvalue weighted by atomic mass is 32.2. The monoisotopic (exact) mass is 395 g/mol. The van der Waals surface area contributed by atoms with Gasteiger partial charge in [-0.2, -0.15) is 0 Å². The van der Waals surface area contributed by atoms with Gasteiger partial charge in [0.15, 0.2) is 0 Å². The predicted octanol–water partition coefficient (Wildman–Crippen LogP) is 4.33. The van der Waals surface area contributed by atoms with Crippen LogP contribution < -0.4 is 14.2 Å². The summed E-state index contributed by atoms with van der Waals surface area (Å²) in [5, 5.41) is 1.81. The van der Waals surface area contributed by atoms with Crippen molar-refractivity contribution in [3.63, 3.8) is 0 Å². The second-order valence-electron chi connectivity index (χ2n) is 6.62. The molecule has 0 radical (unpaired) electrons. The molecule has 28 heavy (non-hydrogen) atoms. The lowest BCUT2D eigenvalue weighted by Crippen LogP contribution is -2.13. The van der Waals surface area contributed by atoms with E-state index in [1.54, 1.807) is 30.3 Å². The fraction of sp³-hybridized carbons (Fsp3) is 0.143. The molecule has 6 nitrogen and oxygen atoms in total. The van der Waals surface area contributed by atoms with Crippen LogP contribution in [0.1, 0.15) is 5.56 Å². The van der Waals surface area contributed by atoms with Crippen LogP contribution in [0.4, 0.5) is 5.69 Å². The number of furan rings is 1. The zero-order chi connectivity index (χ0) is 19.3. The first-order valence-corrected chi connectivity index (χ1v) is 10.3. The van der Waals surface area contributed by atoms with Gasteiger partial charge in [0.1, 0.15) is 22.7 Å². The molecule has 0 atom stereocenters. The summed E-state index contributed by atoms with van der Waals surface area (Å²) in [7, 11) is -2.29. The van der Waals surface area contributed by atoms with Crippen molar-refractivity contribution in [2.45, 2.75) is 11.3 Å². The van der Waals surface area contributed by atoms with E-state index in [4.69, 9.17) is 13.9 Å². The number of methoxy groups -OCH3 is 1. The molecule has 0 saturated heterocycles. The minimum Gasteiger partial charge on any atom is -0.495 e. The number of benzene rings is 3. The largest absolute Gasteiger partial charge is 0.495 e. The highest BCUT2D eigenvalue weighted by Crippen LogP contribution is 2.37. The van der Waals surface area contributed by atoms with Crippen molar-refractivity contribution in [3.8, 4) is 11.5 Å². The van der Waals surface area contributed by atoms with Crippen molar-refractivity contribution in [1.29, 1.82) is 0 Å². The number of nitrogens with one attached hydrogen (secondary N) is 1. The third-order valence-corrected chi connectivity index (χ3v) is 6.28. The third kappa shape index (κ3) is 2.66. The summed E-state index contributed by atoms with van der Waals surface area (Å²) in [6.45, 7) is 0.572. The van der Waals surface area contributed by atoms with E-state index < -0.39 is 10.0 Å². The molecule has 4 aromatic rings. The van der Waals surface area contributed by atoms with Crippen molar-refractivity contribution in [1.82, 2.24) is 0 Å². The molecule has 1 aliphatic rings. The average molecular weight is 395 g/mol. The molecule has 0 saturated carbocycles. The molecule has 0 spiro atoms. The van der Waals surface area contributed by atoms with Crippen LogP contribution >= 0.6 is 0 Å². The molecule has 3 aromatic carbocycles. The number of hydrogen-bond donors (Lipinski definition) is 1. The van der Waals surface area contributed by atoms with Gasteiger partial charge in [-0.05, 0) is 35.9 Å². The third-order valence-electron chi connectivity index (χ3n) is 4.91. The van der Waals surface area contributed by atoms with Crippen LogP contribution in [0.2, 0.25) is 0 Å². The van der Waals surface area contributed by atoms with Gasteiger partial charge in [-0.25, -0.2) is 8.42 Å². The molecule has 2 heterocycles. The van der Waals surface area contributed by atoms with Gasteiger partial charge in [0.05, 0.1) is 24.3 Å². The molecule has 7 heteroatoms. The maximum Gasteiger partial charge on any atom is 0.262 e. The molecule has 1 aliphatic heterocycles. The zero-order valence-electron chi connectivity index (χ0n) is 15.1. The van der Waals surface area contributed by atoms with Gasteiger partial charge in [0.25, 0.3) is 10.0 Å². The van der Waals surface area contributed by atoms with Gasteiger partial charge in [0.2, 0.25) is 0 Å². The first-order valence-electron chi connectivity index (χ1n) is 8.83. The predicted molar refractivity (Wildman–Crippen MR) is 107 cm³/mol. The molecule has 142 valence electrons. The first-order chi connectivity index (χ1) is 13.5. The fourth-order valence-corrected chi connectivity index (χ4v) is 4.65. The summed E-state index contributed by atoms with van der Waals surface area (Å²) in [6.07, 6.45) is 0.701. The SMILES string of the molecule is COc1cc2c(cc1NS(=O)(=O)c1ccc3c(c1)CCO3)oc1ccccc12. The smallest absolute Gasteiger partial charge is 0.262 e. The molecule has 5 rings (SSSR count). The minimum atomic E-state index is -3.79. The van der Waals surface area contributed by atoms with Gasteiger partial charge >= 0.3 is 0 Å². The summed E-state index contributed by atoms with van der Waals surface area (Å²) in [6, 6.07) is 16.0. The number of sulfonamides is 1. The van der Waals surface area contributed by atoms with Crippen molar-refractivity contribution >= 4 is 37.6 Å². The summed E-state index contributed by atoms with van der Waals surface area (Å²) < 4.78 is 45.3. The van der Waals surface area contributed by atoms with Crippen LogP contribution in [0.5, 0.6) is 11.5 Å². The molecule has 1 N–H and O–H groups in total. The van der Waals surface area contributed by atoms with Gasteiger partial charge in [-0.3, -0.25) is 4.72 Å². The lowest BCUT2D eigenvalue weighted by atomic mass is 10.1. The maximum absolute atomic E-state index is 12.9. The number of fused-ring (bicyclic) bond motifs is 4.